The molecule has 1 saturated heterocycles. The van der Waals surface area contributed by atoms with Gasteiger partial charge < -0.3 is 20.3 Å². The highest BCUT2D eigenvalue weighted by Gasteiger charge is 2.22. The SMILES string of the molecule is CNC(=S)N1CCC(NC(=O)OCCc2ccccc2)CC1. The average molecular weight is 321 g/mol. The molecule has 0 aliphatic carbocycles. The Kier molecular flexibility index (Phi) is 6.45. The second-order valence-electron chi connectivity index (χ2n) is 5.33. The molecule has 0 radical (unpaired) electrons. The van der Waals surface area contributed by atoms with Gasteiger partial charge in [0.1, 0.15) is 0 Å². The second-order valence-corrected chi connectivity index (χ2v) is 5.72. The van der Waals surface area contributed by atoms with Crippen LogP contribution in [0.4, 0.5) is 4.79 Å². The number of thiocarbonyl (C=S) groups is 1. The summed E-state index contributed by atoms with van der Waals surface area (Å²) in [7, 11) is 1.83. The fourth-order valence-electron chi connectivity index (χ4n) is 2.50. The zero-order valence-electron chi connectivity index (χ0n) is 12.9. The number of nitrogens with one attached hydrogen (secondary N) is 2. The summed E-state index contributed by atoms with van der Waals surface area (Å²) in [4.78, 5) is 13.9. The fourth-order valence-corrected chi connectivity index (χ4v) is 2.68. The van der Waals surface area contributed by atoms with Crippen molar-refractivity contribution in [2.24, 2.45) is 0 Å². The van der Waals surface area contributed by atoms with E-state index < -0.39 is 0 Å². The Morgan fingerprint density at radius 3 is 2.64 bits per heavy atom. The molecule has 0 saturated carbocycles. The maximum absolute atomic E-state index is 11.8. The van der Waals surface area contributed by atoms with Gasteiger partial charge in [-0.2, -0.15) is 0 Å². The Balaban J connectivity index is 1.63. The lowest BCUT2D eigenvalue weighted by atomic mass is 10.1. The smallest absolute Gasteiger partial charge is 0.407 e. The highest BCUT2D eigenvalue weighted by atomic mass is 32.1. The third-order valence-electron chi connectivity index (χ3n) is 3.78. The van der Waals surface area contributed by atoms with Gasteiger partial charge in [0.15, 0.2) is 5.11 Å². The predicted molar refractivity (Wildman–Crippen MR) is 90.9 cm³/mol. The van der Waals surface area contributed by atoms with Crippen molar-refractivity contribution in [3.8, 4) is 0 Å². The van der Waals surface area contributed by atoms with Crippen molar-refractivity contribution in [1.82, 2.24) is 15.5 Å². The summed E-state index contributed by atoms with van der Waals surface area (Å²) < 4.78 is 5.24. The average Bonchev–Trinajstić information content (AvgIpc) is 2.56. The topological polar surface area (TPSA) is 53.6 Å². The first-order valence-electron chi connectivity index (χ1n) is 7.63. The summed E-state index contributed by atoms with van der Waals surface area (Å²) in [6.45, 7) is 2.11. The van der Waals surface area contributed by atoms with Crippen LogP contribution in [0.2, 0.25) is 0 Å². The molecule has 1 amide bonds. The van der Waals surface area contributed by atoms with E-state index in [-0.39, 0.29) is 12.1 Å². The normalized spacial score (nSPS) is 15.2. The maximum atomic E-state index is 11.8. The largest absolute Gasteiger partial charge is 0.449 e. The minimum Gasteiger partial charge on any atom is -0.449 e. The van der Waals surface area contributed by atoms with E-state index in [1.54, 1.807) is 0 Å². The van der Waals surface area contributed by atoms with Crippen LogP contribution in [0.25, 0.3) is 0 Å². The molecular formula is C16H23N3O2S. The van der Waals surface area contributed by atoms with E-state index in [1.807, 2.05) is 37.4 Å². The first-order chi connectivity index (χ1) is 10.7. The molecule has 120 valence electrons. The molecule has 0 unspecified atom stereocenters. The number of nitrogens with zero attached hydrogens (tertiary/aromatic N) is 1. The Morgan fingerprint density at radius 2 is 2.00 bits per heavy atom. The lowest BCUT2D eigenvalue weighted by Gasteiger charge is -2.33. The van der Waals surface area contributed by atoms with Crippen LogP contribution in [0.15, 0.2) is 30.3 Å². The van der Waals surface area contributed by atoms with E-state index in [4.69, 9.17) is 17.0 Å². The van der Waals surface area contributed by atoms with Gasteiger partial charge in [-0.05, 0) is 30.6 Å². The van der Waals surface area contributed by atoms with Gasteiger partial charge in [0, 0.05) is 32.6 Å². The summed E-state index contributed by atoms with van der Waals surface area (Å²) in [6, 6.07) is 10.2. The third-order valence-corrected chi connectivity index (χ3v) is 4.25. The molecule has 1 fully saturated rings. The molecule has 0 spiro atoms. The minimum absolute atomic E-state index is 0.167. The molecule has 22 heavy (non-hydrogen) atoms. The van der Waals surface area contributed by atoms with Crippen LogP contribution in [-0.2, 0) is 11.2 Å². The number of carbonyl (C=O) groups excluding carboxylic acids is 1. The number of ether oxygens (including phenoxy) is 1. The van der Waals surface area contributed by atoms with Crippen LogP contribution in [0, 0.1) is 0 Å². The Hall–Kier alpha value is -1.82. The molecule has 5 nitrogen and oxygen atoms in total. The van der Waals surface area contributed by atoms with Gasteiger partial charge in [-0.3, -0.25) is 0 Å². The number of piperidine rings is 1. The first kappa shape index (κ1) is 16.5. The van der Waals surface area contributed by atoms with Crippen molar-refractivity contribution in [3.63, 3.8) is 0 Å². The quantitative estimate of drug-likeness (QED) is 0.830. The molecule has 2 rings (SSSR count). The van der Waals surface area contributed by atoms with Gasteiger partial charge in [0.2, 0.25) is 0 Å². The summed E-state index contributed by atoms with van der Waals surface area (Å²) in [5, 5.41) is 6.68. The molecule has 6 heteroatoms. The number of amides is 1. The Morgan fingerprint density at radius 1 is 1.32 bits per heavy atom. The fraction of sp³-hybridized carbons (Fsp3) is 0.500. The first-order valence-corrected chi connectivity index (χ1v) is 8.03. The van der Waals surface area contributed by atoms with Crippen LogP contribution in [0.3, 0.4) is 0 Å². The number of likely N-dealkylation sites (tertiary alicyclic amines) is 1. The van der Waals surface area contributed by atoms with Crippen molar-refractivity contribution >= 4 is 23.4 Å². The van der Waals surface area contributed by atoms with Crippen LogP contribution in [0.1, 0.15) is 18.4 Å². The highest BCUT2D eigenvalue weighted by molar-refractivity contribution is 7.80. The number of carbonyl (C=O) groups is 1. The summed E-state index contributed by atoms with van der Waals surface area (Å²) in [5.41, 5.74) is 1.17. The Bertz CT molecular complexity index is 487. The summed E-state index contributed by atoms with van der Waals surface area (Å²) in [6.07, 6.45) is 2.18. The minimum atomic E-state index is -0.328. The highest BCUT2D eigenvalue weighted by Crippen LogP contribution is 2.10. The van der Waals surface area contributed by atoms with E-state index >= 15 is 0 Å². The van der Waals surface area contributed by atoms with Gasteiger partial charge in [0.05, 0.1) is 6.61 Å². The van der Waals surface area contributed by atoms with Gasteiger partial charge in [0.25, 0.3) is 0 Å². The molecule has 0 atom stereocenters. The molecule has 1 heterocycles. The zero-order valence-corrected chi connectivity index (χ0v) is 13.7. The molecule has 0 bridgehead atoms. The molecular weight excluding hydrogens is 298 g/mol. The van der Waals surface area contributed by atoms with Crippen molar-refractivity contribution in [2.45, 2.75) is 25.3 Å². The number of hydrogen-bond acceptors (Lipinski definition) is 3. The van der Waals surface area contributed by atoms with Crippen LogP contribution < -0.4 is 10.6 Å². The van der Waals surface area contributed by atoms with Gasteiger partial charge in [-0.25, -0.2) is 4.79 Å². The van der Waals surface area contributed by atoms with Crippen molar-refractivity contribution in [1.29, 1.82) is 0 Å². The van der Waals surface area contributed by atoms with Crippen LogP contribution in [-0.4, -0.2) is 48.9 Å². The van der Waals surface area contributed by atoms with Crippen molar-refractivity contribution in [2.75, 3.05) is 26.7 Å². The number of alkyl carbamates (subject to hydrolysis) is 1. The molecule has 1 aromatic carbocycles. The van der Waals surface area contributed by atoms with Crippen LogP contribution >= 0.6 is 12.2 Å². The number of rotatable bonds is 4. The van der Waals surface area contributed by atoms with E-state index in [9.17, 15) is 4.79 Å². The van der Waals surface area contributed by atoms with E-state index in [2.05, 4.69) is 15.5 Å². The molecule has 1 aliphatic heterocycles. The van der Waals surface area contributed by atoms with E-state index in [0.29, 0.717) is 6.61 Å². The predicted octanol–water partition coefficient (Wildman–Crippen LogP) is 1.92. The monoisotopic (exact) mass is 321 g/mol. The van der Waals surface area contributed by atoms with Crippen LogP contribution in [0.5, 0.6) is 0 Å². The van der Waals surface area contributed by atoms with E-state index in [1.165, 1.54) is 5.56 Å². The number of benzene rings is 1. The van der Waals surface area contributed by atoms with Crippen molar-refractivity contribution in [3.05, 3.63) is 35.9 Å². The van der Waals surface area contributed by atoms with E-state index in [0.717, 1.165) is 37.5 Å². The lowest BCUT2D eigenvalue weighted by Crippen LogP contribution is -2.48. The zero-order chi connectivity index (χ0) is 15.8. The van der Waals surface area contributed by atoms with Gasteiger partial charge in [-0.1, -0.05) is 30.3 Å². The Labute approximate surface area is 137 Å². The molecule has 1 aromatic rings. The molecule has 0 aromatic heterocycles. The second kappa shape index (κ2) is 8.58. The van der Waals surface area contributed by atoms with Crippen molar-refractivity contribution < 1.29 is 9.53 Å². The maximum Gasteiger partial charge on any atom is 0.407 e. The van der Waals surface area contributed by atoms with Gasteiger partial charge >= 0.3 is 6.09 Å². The summed E-state index contributed by atoms with van der Waals surface area (Å²) >= 11 is 5.21. The molecule has 2 N–H and O–H groups in total. The number of hydrogen-bond donors (Lipinski definition) is 2. The molecule has 1 aliphatic rings. The standard InChI is InChI=1S/C16H23N3O2S/c1-17-15(22)19-10-7-14(8-11-19)18-16(20)21-12-9-13-5-3-2-4-6-13/h2-6,14H,7-12H2,1H3,(H,17,22)(H,18,20). The summed E-state index contributed by atoms with van der Waals surface area (Å²) in [5.74, 6) is 0. The lowest BCUT2D eigenvalue weighted by molar-refractivity contribution is 0.138. The van der Waals surface area contributed by atoms with Gasteiger partial charge in [-0.15, -0.1) is 0 Å². The third kappa shape index (κ3) is 5.18.